The van der Waals surface area contributed by atoms with E-state index in [1.807, 2.05) is 25.1 Å². The molecule has 2 aromatic carbocycles. The summed E-state index contributed by atoms with van der Waals surface area (Å²) in [5.41, 5.74) is -0.737. The maximum atomic E-state index is 14.1. The van der Waals surface area contributed by atoms with Crippen LogP contribution in [0.3, 0.4) is 0 Å². The van der Waals surface area contributed by atoms with Crippen molar-refractivity contribution in [2.45, 2.75) is 26.1 Å². The van der Waals surface area contributed by atoms with Gasteiger partial charge in [0.05, 0.1) is 22.8 Å². The molecule has 0 amide bonds. The van der Waals surface area contributed by atoms with Gasteiger partial charge in [0.2, 0.25) is 0 Å². The van der Waals surface area contributed by atoms with Gasteiger partial charge < -0.3 is 4.74 Å². The highest BCUT2D eigenvalue weighted by molar-refractivity contribution is 7.07. The molecule has 0 bridgehead atoms. The van der Waals surface area contributed by atoms with Crippen molar-refractivity contribution in [3.8, 4) is 0 Å². The van der Waals surface area contributed by atoms with E-state index in [0.717, 1.165) is 21.5 Å². The Bertz CT molecular complexity index is 1470. The fraction of sp³-hybridized carbons (Fsp3) is 0.208. The van der Waals surface area contributed by atoms with Gasteiger partial charge in [-0.3, -0.25) is 9.36 Å². The van der Waals surface area contributed by atoms with Crippen LogP contribution in [0.1, 0.15) is 29.7 Å². The zero-order chi connectivity index (χ0) is 24.6. The van der Waals surface area contributed by atoms with Gasteiger partial charge in [-0.25, -0.2) is 9.79 Å². The lowest BCUT2D eigenvalue weighted by Crippen LogP contribution is -2.41. The molecule has 34 heavy (non-hydrogen) atoms. The predicted molar refractivity (Wildman–Crippen MR) is 123 cm³/mol. The largest absolute Gasteiger partial charge is 0.463 e. The van der Waals surface area contributed by atoms with Crippen molar-refractivity contribution in [2.24, 2.45) is 4.99 Å². The van der Waals surface area contributed by atoms with Crippen LogP contribution in [0, 0.1) is 6.92 Å². The monoisotopic (exact) mass is 506 g/mol. The van der Waals surface area contributed by atoms with E-state index < -0.39 is 35.0 Å². The summed E-state index contributed by atoms with van der Waals surface area (Å²) >= 11 is 6.79. The van der Waals surface area contributed by atoms with E-state index >= 15 is 0 Å². The maximum Gasteiger partial charge on any atom is 0.434 e. The first-order chi connectivity index (χ1) is 16.1. The van der Waals surface area contributed by atoms with Crippen LogP contribution in [0.5, 0.6) is 0 Å². The van der Waals surface area contributed by atoms with E-state index in [2.05, 4.69) is 4.99 Å². The Balaban J connectivity index is 2.05. The van der Waals surface area contributed by atoms with E-state index in [1.165, 1.54) is 31.2 Å². The second-order valence-electron chi connectivity index (χ2n) is 7.53. The molecule has 1 aliphatic heterocycles. The minimum absolute atomic E-state index is 0.140. The number of benzene rings is 2. The van der Waals surface area contributed by atoms with E-state index in [9.17, 15) is 22.8 Å². The van der Waals surface area contributed by atoms with Crippen molar-refractivity contribution in [1.82, 2.24) is 4.57 Å². The van der Waals surface area contributed by atoms with Gasteiger partial charge in [-0.1, -0.05) is 64.9 Å². The number of carbonyl (C=O) groups excluding carboxylic acids is 1. The molecule has 4 rings (SSSR count). The summed E-state index contributed by atoms with van der Waals surface area (Å²) in [4.78, 5) is 29.8. The highest BCUT2D eigenvalue weighted by atomic mass is 35.5. The number of ether oxygens (including phenoxy) is 1. The molecular weight excluding hydrogens is 489 g/mol. The van der Waals surface area contributed by atoms with Gasteiger partial charge in [0, 0.05) is 5.02 Å². The van der Waals surface area contributed by atoms with Crippen LogP contribution in [0.2, 0.25) is 5.02 Å². The number of aromatic nitrogens is 1. The van der Waals surface area contributed by atoms with E-state index in [1.54, 1.807) is 12.1 Å². The normalized spacial score (nSPS) is 16.3. The summed E-state index contributed by atoms with van der Waals surface area (Å²) in [6, 6.07) is 11.9. The third-order valence-corrected chi connectivity index (χ3v) is 6.36. The van der Waals surface area contributed by atoms with Gasteiger partial charge >= 0.3 is 12.1 Å². The van der Waals surface area contributed by atoms with Crippen LogP contribution < -0.4 is 14.9 Å². The molecule has 0 unspecified atom stereocenters. The molecule has 0 fully saturated rings. The second kappa shape index (κ2) is 9.23. The number of fused-ring (bicyclic) bond motifs is 1. The third kappa shape index (κ3) is 4.58. The van der Waals surface area contributed by atoms with Gasteiger partial charge in [0.1, 0.15) is 0 Å². The Labute approximate surface area is 201 Å². The number of thiazole rings is 1. The minimum Gasteiger partial charge on any atom is -0.463 e. The topological polar surface area (TPSA) is 60.7 Å². The molecule has 176 valence electrons. The molecule has 3 aromatic rings. The molecule has 1 aromatic heterocycles. The Morgan fingerprint density at radius 3 is 2.56 bits per heavy atom. The molecule has 2 heterocycles. The van der Waals surface area contributed by atoms with E-state index in [0.29, 0.717) is 10.6 Å². The summed E-state index contributed by atoms with van der Waals surface area (Å²) in [6.07, 6.45) is -3.35. The zero-order valence-corrected chi connectivity index (χ0v) is 19.6. The third-order valence-electron chi connectivity index (χ3n) is 5.12. The summed E-state index contributed by atoms with van der Waals surface area (Å²) in [5, 5.41) is 0.355. The van der Waals surface area contributed by atoms with Crippen LogP contribution in [0.15, 0.2) is 69.6 Å². The second-order valence-corrected chi connectivity index (χ2v) is 8.97. The van der Waals surface area contributed by atoms with Crippen LogP contribution in [-0.2, 0) is 9.53 Å². The number of hydrogen-bond donors (Lipinski definition) is 0. The average molecular weight is 507 g/mol. The van der Waals surface area contributed by atoms with Crippen molar-refractivity contribution in [3.05, 3.63) is 101 Å². The lowest BCUT2D eigenvalue weighted by atomic mass is 9.95. The molecule has 1 atom stereocenters. The first-order valence-electron chi connectivity index (χ1n) is 10.2. The molecule has 0 spiro atoms. The van der Waals surface area contributed by atoms with Crippen molar-refractivity contribution in [1.29, 1.82) is 0 Å². The molecule has 1 aliphatic rings. The van der Waals surface area contributed by atoms with Gasteiger partial charge in [-0.15, -0.1) is 0 Å². The van der Waals surface area contributed by atoms with Crippen LogP contribution in [-0.4, -0.2) is 23.3 Å². The zero-order valence-electron chi connectivity index (χ0n) is 18.0. The molecule has 10 heteroatoms. The summed E-state index contributed by atoms with van der Waals surface area (Å²) in [6.45, 7) is 3.24. The van der Waals surface area contributed by atoms with Gasteiger partial charge in [-0.05, 0) is 43.2 Å². The van der Waals surface area contributed by atoms with Crippen LogP contribution >= 0.6 is 22.9 Å². The summed E-state index contributed by atoms with van der Waals surface area (Å²) in [5.74, 6) is -1.19. The molecule has 0 radical (unpaired) electrons. The molecule has 0 saturated carbocycles. The van der Waals surface area contributed by atoms with Crippen LogP contribution in [0.25, 0.3) is 6.08 Å². The first-order valence-corrected chi connectivity index (χ1v) is 11.4. The Morgan fingerprint density at radius 1 is 1.24 bits per heavy atom. The van der Waals surface area contributed by atoms with E-state index in [4.69, 9.17) is 16.3 Å². The summed E-state index contributed by atoms with van der Waals surface area (Å²) in [7, 11) is 0. The van der Waals surface area contributed by atoms with Crippen LogP contribution in [0.4, 0.5) is 13.2 Å². The predicted octanol–water partition coefficient (Wildman–Crippen LogP) is 4.30. The fourth-order valence-electron chi connectivity index (χ4n) is 3.71. The number of rotatable bonds is 4. The van der Waals surface area contributed by atoms with Gasteiger partial charge in [0.25, 0.3) is 5.56 Å². The van der Waals surface area contributed by atoms with Gasteiger partial charge in [-0.2, -0.15) is 13.2 Å². The van der Waals surface area contributed by atoms with Crippen molar-refractivity contribution in [2.75, 3.05) is 6.61 Å². The maximum absolute atomic E-state index is 14.1. The average Bonchev–Trinajstić information content (AvgIpc) is 3.08. The molecule has 0 saturated heterocycles. The van der Waals surface area contributed by atoms with Crippen molar-refractivity contribution >= 4 is 35.0 Å². The Kier molecular flexibility index (Phi) is 6.51. The number of nitrogens with zero attached hydrogens (tertiary/aromatic N) is 2. The minimum atomic E-state index is -4.95. The standard InChI is InChI=1S/C24H18ClF3N2O3S/c1-3-33-22(32)18-19(15-7-9-16(25)10-8-15)30-21(31)17(12-14-6-4-5-13(2)11-14)34-23(30)29-20(18)24(26,27)28/h4-12,19H,3H2,1-2H3/b17-12+/t19-/m1/s1. The number of aryl methyl sites for hydroxylation is 1. The Hall–Kier alpha value is -3.17. The summed E-state index contributed by atoms with van der Waals surface area (Å²) < 4.78 is 48.4. The van der Waals surface area contributed by atoms with Gasteiger partial charge in [0.15, 0.2) is 10.5 Å². The molecule has 0 aliphatic carbocycles. The highest BCUT2D eigenvalue weighted by Crippen LogP contribution is 2.38. The molecule has 5 nitrogen and oxygen atoms in total. The number of carbonyl (C=O) groups is 1. The number of halogens is 4. The highest BCUT2D eigenvalue weighted by Gasteiger charge is 2.45. The number of esters is 1. The molecular formula is C24H18ClF3N2O3S. The fourth-order valence-corrected chi connectivity index (χ4v) is 4.84. The lowest BCUT2D eigenvalue weighted by Gasteiger charge is -2.26. The van der Waals surface area contributed by atoms with E-state index in [-0.39, 0.29) is 21.5 Å². The SMILES string of the molecule is CCOC(=O)C1=C(C(F)(F)F)N=c2s/c(=C/c3cccc(C)c3)c(=O)n2[C@@H]1c1ccc(Cl)cc1. The quantitative estimate of drug-likeness (QED) is 0.496. The number of alkyl halides is 3. The smallest absolute Gasteiger partial charge is 0.434 e. The van der Waals surface area contributed by atoms with Crippen molar-refractivity contribution in [3.63, 3.8) is 0 Å². The first kappa shape index (κ1) is 24.0. The van der Waals surface area contributed by atoms with Crippen molar-refractivity contribution < 1.29 is 22.7 Å². The lowest BCUT2D eigenvalue weighted by molar-refractivity contribution is -0.140. The molecule has 0 N–H and O–H groups in total. The number of allylic oxidation sites excluding steroid dienone is 1. The number of hydrogen-bond acceptors (Lipinski definition) is 5. The Morgan fingerprint density at radius 2 is 1.94 bits per heavy atom.